The molecule has 4 N–H and O–H groups in total. The summed E-state index contributed by atoms with van der Waals surface area (Å²) in [5, 5.41) is 16.3. The Labute approximate surface area is 211 Å². The van der Waals surface area contributed by atoms with Gasteiger partial charge in [0.25, 0.3) is 5.91 Å². The van der Waals surface area contributed by atoms with Crippen molar-refractivity contribution in [2.24, 2.45) is 5.73 Å². The van der Waals surface area contributed by atoms with Crippen molar-refractivity contribution in [3.05, 3.63) is 94.0 Å². The third kappa shape index (κ3) is 7.16. The van der Waals surface area contributed by atoms with Gasteiger partial charge >= 0.3 is 6.18 Å². The van der Waals surface area contributed by atoms with Crippen LogP contribution in [0.1, 0.15) is 51.8 Å². The summed E-state index contributed by atoms with van der Waals surface area (Å²) in [6, 6.07) is 10.5. The Hall–Kier alpha value is -3.21. The number of pyridine rings is 1. The van der Waals surface area contributed by atoms with Gasteiger partial charge in [0.2, 0.25) is 0 Å². The lowest BCUT2D eigenvalue weighted by Gasteiger charge is -2.21. The summed E-state index contributed by atoms with van der Waals surface area (Å²) in [5.41, 5.74) is 8.01. The minimum atomic E-state index is -4.54. The van der Waals surface area contributed by atoms with Crippen LogP contribution in [-0.2, 0) is 19.1 Å². The molecule has 1 amide bonds. The Kier molecular flexibility index (Phi) is 8.89. The third-order valence-electron chi connectivity index (χ3n) is 5.74. The number of halogens is 4. The van der Waals surface area contributed by atoms with E-state index in [1.807, 2.05) is 12.1 Å². The number of benzene rings is 1. The Morgan fingerprint density at radius 1 is 1.25 bits per heavy atom. The molecule has 192 valence electrons. The van der Waals surface area contributed by atoms with Gasteiger partial charge < -0.3 is 15.7 Å². The molecule has 3 rings (SSSR count). The van der Waals surface area contributed by atoms with E-state index in [1.165, 1.54) is 18.1 Å². The Morgan fingerprint density at radius 2 is 1.94 bits per heavy atom. The highest BCUT2D eigenvalue weighted by Gasteiger charge is 2.34. The first-order valence-corrected chi connectivity index (χ1v) is 11.5. The van der Waals surface area contributed by atoms with E-state index in [2.05, 4.69) is 21.8 Å². The molecular weight excluding hydrogens is 495 g/mol. The summed E-state index contributed by atoms with van der Waals surface area (Å²) in [5.74, 6) is -0.324. The average Bonchev–Trinajstić information content (AvgIpc) is 3.32. The highest BCUT2D eigenvalue weighted by molar-refractivity contribution is 6.29. The molecule has 0 aliphatic heterocycles. The molecular formula is C25H27ClF3N5O2. The Morgan fingerprint density at radius 3 is 2.53 bits per heavy atom. The minimum Gasteiger partial charge on any atom is -0.386 e. The number of nitrogens with zero attached hydrogens (tertiary/aromatic N) is 3. The van der Waals surface area contributed by atoms with Gasteiger partial charge in [-0.1, -0.05) is 42.0 Å². The van der Waals surface area contributed by atoms with Crippen molar-refractivity contribution >= 4 is 17.5 Å². The number of aliphatic hydroxyl groups is 1. The van der Waals surface area contributed by atoms with E-state index in [4.69, 9.17) is 17.3 Å². The molecule has 0 aliphatic rings. The fourth-order valence-electron chi connectivity index (χ4n) is 3.63. The number of alkyl halides is 3. The molecule has 0 radical (unpaired) electrons. The molecule has 0 saturated carbocycles. The van der Waals surface area contributed by atoms with Gasteiger partial charge in [0, 0.05) is 24.4 Å². The van der Waals surface area contributed by atoms with Crippen LogP contribution in [0, 0.1) is 0 Å². The summed E-state index contributed by atoms with van der Waals surface area (Å²) < 4.78 is 38.1. The first-order chi connectivity index (χ1) is 17.0. The van der Waals surface area contributed by atoms with Crippen molar-refractivity contribution in [2.75, 3.05) is 7.05 Å². The van der Waals surface area contributed by atoms with Gasteiger partial charge in [0.1, 0.15) is 5.15 Å². The number of rotatable bonds is 10. The van der Waals surface area contributed by atoms with Gasteiger partial charge in [0.05, 0.1) is 24.4 Å². The molecule has 1 aromatic carbocycles. The Balaban J connectivity index is 1.48. The van der Waals surface area contributed by atoms with Crippen molar-refractivity contribution in [3.63, 3.8) is 0 Å². The fraction of sp³-hybridized carbons (Fsp3) is 0.320. The monoisotopic (exact) mass is 521 g/mol. The van der Waals surface area contributed by atoms with Crippen LogP contribution in [0.15, 0.2) is 60.8 Å². The normalized spacial score (nSPS) is 13.3. The molecule has 2 aromatic heterocycles. The van der Waals surface area contributed by atoms with Crippen molar-refractivity contribution < 1.29 is 23.1 Å². The highest BCUT2D eigenvalue weighted by atomic mass is 35.5. The number of amides is 1. The van der Waals surface area contributed by atoms with E-state index in [9.17, 15) is 23.1 Å². The number of carbonyl (C=O) groups excluding carboxylic acids is 1. The van der Waals surface area contributed by atoms with Gasteiger partial charge in [-0.2, -0.15) is 18.3 Å². The minimum absolute atomic E-state index is 0.0377. The fourth-order valence-corrected chi connectivity index (χ4v) is 3.74. The second-order valence-corrected chi connectivity index (χ2v) is 8.92. The molecule has 2 atom stereocenters. The summed E-state index contributed by atoms with van der Waals surface area (Å²) in [7, 11) is 1.51. The van der Waals surface area contributed by atoms with Gasteiger partial charge in [-0.25, -0.2) is 4.98 Å². The second kappa shape index (κ2) is 11.7. The van der Waals surface area contributed by atoms with Crippen LogP contribution in [0.4, 0.5) is 13.2 Å². The number of carbonyl (C=O) groups is 1. The smallest absolute Gasteiger partial charge is 0.386 e. The SMILES string of the molecule is C=C(CCCc1ccc(C(=O)N(C)Cc2cc(C(F)(F)F)n[nH]2)cc1)[C@@H](N)[C@H](O)c1ccc(Cl)nc1. The van der Waals surface area contributed by atoms with E-state index < -0.39 is 24.0 Å². The number of hydrogen-bond acceptors (Lipinski definition) is 5. The summed E-state index contributed by atoms with van der Waals surface area (Å²) in [6.45, 7) is 3.97. The molecule has 0 bridgehead atoms. The molecule has 0 saturated heterocycles. The van der Waals surface area contributed by atoms with Crippen molar-refractivity contribution in [1.29, 1.82) is 0 Å². The summed E-state index contributed by atoms with van der Waals surface area (Å²) in [6.07, 6.45) is -1.94. The number of nitrogens with two attached hydrogens (primary N) is 1. The molecule has 0 aliphatic carbocycles. The zero-order valence-corrected chi connectivity index (χ0v) is 20.4. The maximum atomic E-state index is 12.7. The number of aliphatic hydroxyl groups excluding tert-OH is 1. The number of nitrogens with one attached hydrogen (secondary N) is 1. The van der Waals surface area contributed by atoms with E-state index >= 15 is 0 Å². The lowest BCUT2D eigenvalue weighted by molar-refractivity contribution is -0.141. The topological polar surface area (TPSA) is 108 Å². The van der Waals surface area contributed by atoms with Gasteiger partial charge in [0.15, 0.2) is 5.69 Å². The zero-order chi connectivity index (χ0) is 26.5. The van der Waals surface area contributed by atoms with Gasteiger partial charge in [-0.15, -0.1) is 0 Å². The van der Waals surface area contributed by atoms with E-state index in [1.54, 1.807) is 24.3 Å². The molecule has 36 heavy (non-hydrogen) atoms. The molecule has 3 aromatic rings. The van der Waals surface area contributed by atoms with E-state index in [0.29, 0.717) is 34.7 Å². The largest absolute Gasteiger partial charge is 0.435 e. The summed E-state index contributed by atoms with van der Waals surface area (Å²) >= 11 is 5.77. The summed E-state index contributed by atoms with van der Waals surface area (Å²) in [4.78, 5) is 17.9. The third-order valence-corrected chi connectivity index (χ3v) is 5.97. The van der Waals surface area contributed by atoms with E-state index in [-0.39, 0.29) is 18.1 Å². The standard InChI is InChI=1S/C25H27ClF3N5O2/c1-15(22(30)23(35)18-10-11-21(26)31-13-18)4-3-5-16-6-8-17(9-7-16)24(36)34(2)14-19-12-20(33-32-19)25(27,28)29/h6-13,22-23,35H,1,3-5,14,30H2,2H3,(H,32,33)/t22-,23-/m1/s1. The quantitative estimate of drug-likeness (QED) is 0.265. The number of aryl methyl sites for hydroxylation is 1. The number of H-pyrrole nitrogens is 1. The zero-order valence-electron chi connectivity index (χ0n) is 19.6. The highest BCUT2D eigenvalue weighted by Crippen LogP contribution is 2.28. The average molecular weight is 522 g/mol. The van der Waals surface area contributed by atoms with Crippen LogP contribution < -0.4 is 5.73 Å². The van der Waals surface area contributed by atoms with E-state index in [0.717, 1.165) is 18.1 Å². The molecule has 0 unspecified atom stereocenters. The van der Waals surface area contributed by atoms with Crippen molar-refractivity contribution in [1.82, 2.24) is 20.1 Å². The van der Waals surface area contributed by atoms with Crippen molar-refractivity contribution in [2.45, 2.75) is 44.1 Å². The number of aromatic nitrogens is 3. The lowest BCUT2D eigenvalue weighted by Crippen LogP contribution is -2.30. The van der Waals surface area contributed by atoms with Gasteiger partial charge in [-0.3, -0.25) is 9.89 Å². The second-order valence-electron chi connectivity index (χ2n) is 8.53. The molecule has 11 heteroatoms. The van der Waals surface area contributed by atoms with Crippen LogP contribution in [0.2, 0.25) is 5.15 Å². The van der Waals surface area contributed by atoms with Crippen molar-refractivity contribution in [3.8, 4) is 0 Å². The maximum Gasteiger partial charge on any atom is 0.435 e. The molecule has 0 fully saturated rings. The number of aromatic amines is 1. The molecule has 2 heterocycles. The first-order valence-electron chi connectivity index (χ1n) is 11.1. The first kappa shape index (κ1) is 27.4. The van der Waals surface area contributed by atoms with Gasteiger partial charge in [-0.05, 0) is 49.1 Å². The van der Waals surface area contributed by atoms with Crippen LogP contribution in [0.25, 0.3) is 0 Å². The van der Waals surface area contributed by atoms with Crippen LogP contribution in [0.5, 0.6) is 0 Å². The number of hydrogen-bond donors (Lipinski definition) is 3. The molecule has 0 spiro atoms. The predicted molar refractivity (Wildman–Crippen MR) is 130 cm³/mol. The molecule has 7 nitrogen and oxygen atoms in total. The Bertz CT molecular complexity index is 1180. The van der Waals surface area contributed by atoms with Crippen LogP contribution >= 0.6 is 11.6 Å². The van der Waals surface area contributed by atoms with Crippen LogP contribution in [-0.4, -0.2) is 44.2 Å². The predicted octanol–water partition coefficient (Wildman–Crippen LogP) is 4.69. The maximum absolute atomic E-state index is 12.7. The lowest BCUT2D eigenvalue weighted by atomic mass is 9.94. The van der Waals surface area contributed by atoms with Crippen LogP contribution in [0.3, 0.4) is 0 Å².